The molecule has 5 nitrogen and oxygen atoms in total. The number of para-hydroxylation sites is 2. The fourth-order valence-corrected chi connectivity index (χ4v) is 6.65. The van der Waals surface area contributed by atoms with Crippen LogP contribution in [0.25, 0.3) is 27.6 Å². The molecule has 8 heteroatoms. The molecule has 0 amide bonds. The Balaban J connectivity index is 0.00000703. The van der Waals surface area contributed by atoms with Gasteiger partial charge in [-0.1, -0.05) is 120 Å². The van der Waals surface area contributed by atoms with Gasteiger partial charge in [0.1, 0.15) is 11.5 Å². The van der Waals surface area contributed by atoms with Crippen LogP contribution in [-0.2, 0) is 43.2 Å². The van der Waals surface area contributed by atoms with Crippen molar-refractivity contribution in [2.45, 2.75) is 84.3 Å². The maximum Gasteiger partial charge on any atom is 2.00 e. The van der Waals surface area contributed by atoms with Gasteiger partial charge in [0.25, 0.3) is 17.3 Å². The van der Waals surface area contributed by atoms with Crippen LogP contribution in [0.4, 0.5) is 31.5 Å². The Morgan fingerprint density at radius 3 is 2.09 bits per heavy atom. The molecule has 4 heterocycles. The van der Waals surface area contributed by atoms with E-state index in [-0.39, 0.29) is 43.5 Å². The van der Waals surface area contributed by atoms with E-state index in [4.69, 9.17) is 17.8 Å². The van der Waals surface area contributed by atoms with Crippen LogP contribution >= 0.6 is 0 Å². The maximum absolute atomic E-state index is 17.5. The van der Waals surface area contributed by atoms with Crippen LogP contribution < -0.4 is 9.15 Å². The molecule has 0 fully saturated rings. The van der Waals surface area contributed by atoms with Crippen molar-refractivity contribution in [3.8, 4) is 5.82 Å². The van der Waals surface area contributed by atoms with Crippen molar-refractivity contribution in [1.82, 2.24) is 23.7 Å². The Labute approximate surface area is 360 Å². The molecule has 284 valence electrons. The average molecular weight is 938 g/mol. The first-order valence-electron chi connectivity index (χ1n) is 24.1. The number of halogens is 2. The fraction of sp³-hybridized carbons (Fsp3) is 0.271. The molecule has 56 heavy (non-hydrogen) atoms. The molecule has 0 saturated carbocycles. The largest absolute Gasteiger partial charge is 2.00 e. The summed E-state index contributed by atoms with van der Waals surface area (Å²) >= 11 is 0. The summed E-state index contributed by atoms with van der Waals surface area (Å²) in [6.45, 7) is 0.132. The summed E-state index contributed by atoms with van der Waals surface area (Å²) < 4.78 is 149. The molecule has 0 N–H and O–H groups in total. The zero-order valence-corrected chi connectivity index (χ0v) is 33.7. The Kier molecular flexibility index (Phi) is 6.41. The van der Waals surface area contributed by atoms with Crippen molar-refractivity contribution in [1.29, 1.82) is 0 Å². The standard InChI is InChI=1S/C48H45F2N5.Pt/c1-45(2,3)31-14-17-36(18-15-31)53-30-54(42-13-11-10-12-41(42)53)37-25-34(47(7,8)9)24-35(26-37)48(49,50)33-16-19-38-39-29-51-22-21-40(39)55(43(38)27-33)44-28-32(20-23-52-44)46(4,5)6;/h10-25,28-29H,1-9H3;/q;+2/i1D3,2D3,3D3,14D,15D,17D,18D;. The number of aromatic nitrogens is 3. The van der Waals surface area contributed by atoms with E-state index >= 15 is 8.78 Å². The summed E-state index contributed by atoms with van der Waals surface area (Å²) in [7, 11) is 0. The molecular weight excluding hydrogens is 880 g/mol. The van der Waals surface area contributed by atoms with Crippen LogP contribution in [0, 0.1) is 12.1 Å². The number of nitrogens with zero attached hydrogens (tertiary/aromatic N) is 5. The second kappa shape index (κ2) is 13.8. The van der Waals surface area contributed by atoms with Gasteiger partial charge in [-0.25, -0.2) is 13.8 Å². The number of hydrogen-bond donors (Lipinski definition) is 0. The van der Waals surface area contributed by atoms with E-state index in [1.54, 1.807) is 59.6 Å². The number of rotatable bonds is 5. The predicted octanol–water partition coefficient (Wildman–Crippen LogP) is 12.1. The van der Waals surface area contributed by atoms with Crippen LogP contribution in [0.1, 0.15) is 108 Å². The molecule has 0 unspecified atom stereocenters. The summed E-state index contributed by atoms with van der Waals surface area (Å²) in [5.41, 5.74) is -4.65. The molecule has 8 rings (SSSR count). The molecule has 0 bridgehead atoms. The Morgan fingerprint density at radius 1 is 0.714 bits per heavy atom. The van der Waals surface area contributed by atoms with Gasteiger partial charge in [0.2, 0.25) is 5.69 Å². The van der Waals surface area contributed by atoms with E-state index in [2.05, 4.69) is 48.9 Å². The van der Waals surface area contributed by atoms with Crippen molar-refractivity contribution < 1.29 is 47.7 Å². The van der Waals surface area contributed by atoms with Crippen LogP contribution in [0.2, 0.25) is 0 Å². The first-order valence-corrected chi connectivity index (χ1v) is 17.6. The predicted molar refractivity (Wildman–Crippen MR) is 220 cm³/mol. The molecule has 1 aliphatic heterocycles. The molecule has 0 spiro atoms. The van der Waals surface area contributed by atoms with Crippen molar-refractivity contribution in [3.63, 3.8) is 0 Å². The van der Waals surface area contributed by atoms with Gasteiger partial charge >= 0.3 is 27.1 Å². The first-order chi connectivity index (χ1) is 31.3. The van der Waals surface area contributed by atoms with E-state index in [0.717, 1.165) is 10.1 Å². The molecule has 4 aromatic carbocycles. The van der Waals surface area contributed by atoms with Gasteiger partial charge in [-0.15, -0.1) is 17.0 Å². The van der Waals surface area contributed by atoms with Gasteiger partial charge in [0.15, 0.2) is 0 Å². The van der Waals surface area contributed by atoms with E-state index in [1.165, 1.54) is 22.8 Å². The van der Waals surface area contributed by atoms with Gasteiger partial charge in [0, 0.05) is 60.7 Å². The molecule has 0 aliphatic carbocycles. The summed E-state index contributed by atoms with van der Waals surface area (Å²) in [5, 5.41) is 1.34. The molecule has 0 radical (unpaired) electrons. The molecule has 0 saturated heterocycles. The third-order valence-corrected chi connectivity index (χ3v) is 9.73. The Hall–Kier alpha value is -5.09. The van der Waals surface area contributed by atoms with Gasteiger partial charge in [0.05, 0.1) is 5.48 Å². The van der Waals surface area contributed by atoms with Gasteiger partial charge in [-0.3, -0.25) is 4.98 Å². The zero-order valence-electron chi connectivity index (χ0n) is 44.4. The fourth-order valence-electron chi connectivity index (χ4n) is 6.65. The third-order valence-electron chi connectivity index (χ3n) is 9.73. The summed E-state index contributed by atoms with van der Waals surface area (Å²) in [5.74, 6) is -3.22. The van der Waals surface area contributed by atoms with Gasteiger partial charge in [-0.05, 0) is 55.5 Å². The Bertz CT molecular complexity index is 3240. The monoisotopic (exact) mass is 937 g/mol. The van der Waals surface area contributed by atoms with Crippen LogP contribution in [-0.4, -0.2) is 20.5 Å². The normalized spacial score (nSPS) is 17.5. The minimum Gasteiger partial charge on any atom is -0.319 e. The molecule has 0 atom stereocenters. The van der Waals surface area contributed by atoms with Crippen LogP contribution in [0.5, 0.6) is 0 Å². The van der Waals surface area contributed by atoms with Gasteiger partial charge < -0.3 is 4.57 Å². The van der Waals surface area contributed by atoms with E-state index in [9.17, 15) is 0 Å². The second-order valence-corrected chi connectivity index (χ2v) is 15.7. The minimum absolute atomic E-state index is 0. The molecular formula is C48H45F2N5Pt+2. The molecule has 1 aliphatic rings. The molecule has 7 aromatic rings. The summed E-state index contributed by atoms with van der Waals surface area (Å²) in [6.07, 6.45) is 4.97. The summed E-state index contributed by atoms with van der Waals surface area (Å²) in [4.78, 5) is 8.96. The van der Waals surface area contributed by atoms with Crippen molar-refractivity contribution in [3.05, 3.63) is 149 Å². The number of pyridine rings is 2. The smallest absolute Gasteiger partial charge is 0.319 e. The minimum atomic E-state index is -3.87. The van der Waals surface area contributed by atoms with E-state index < -0.39 is 83.9 Å². The van der Waals surface area contributed by atoms with Crippen LogP contribution in [0.15, 0.2) is 109 Å². The number of fused-ring (bicyclic) bond motifs is 4. The van der Waals surface area contributed by atoms with Crippen LogP contribution in [0.3, 0.4) is 0 Å². The van der Waals surface area contributed by atoms with Gasteiger partial charge in [-0.2, -0.15) is 18.2 Å². The number of alkyl halides is 2. The number of hydrogen-bond acceptors (Lipinski definition) is 2. The summed E-state index contributed by atoms with van der Waals surface area (Å²) in [6, 6.07) is 22.5. The van der Waals surface area contributed by atoms with Crippen molar-refractivity contribution in [2.75, 3.05) is 0 Å². The van der Waals surface area contributed by atoms with E-state index in [0.29, 0.717) is 33.2 Å². The quantitative estimate of drug-likeness (QED) is 0.127. The first kappa shape index (κ1) is 25.9. The Morgan fingerprint density at radius 2 is 1.41 bits per heavy atom. The topological polar surface area (TPSA) is 36.7 Å². The zero-order chi connectivity index (χ0) is 50.1. The maximum atomic E-state index is 17.5. The second-order valence-electron chi connectivity index (χ2n) is 15.7. The van der Waals surface area contributed by atoms with E-state index in [1.807, 2.05) is 32.9 Å². The number of benzene rings is 4. The SMILES string of the molecule is [2H]c1c([2H])c(C(C([2H])([2H])[2H])(C([2H])([2H])[2H])C([2H])([2H])[2H])c([2H])c([2H])c1[N+]1=C=[N+](c2[c-]c(C(F)(F)c3[c-]c4c(cc3)c3cnccc3n4-c3cc(C(C)(C)C)ccn3)cc(C(C)(C)C)c2)c2ccccc21.[Pt+2]. The molecule has 3 aromatic heterocycles. The average Bonchev–Trinajstić information content (AvgIpc) is 3.78. The third kappa shape index (κ3) is 6.86. The van der Waals surface area contributed by atoms with Crippen molar-refractivity contribution >= 4 is 50.6 Å². The van der Waals surface area contributed by atoms with Crippen molar-refractivity contribution in [2.24, 2.45) is 0 Å².